The van der Waals surface area contributed by atoms with Crippen molar-refractivity contribution in [3.05, 3.63) is 72.3 Å². The summed E-state index contributed by atoms with van der Waals surface area (Å²) in [5.41, 5.74) is 2.51. The van der Waals surface area contributed by atoms with Gasteiger partial charge in [0.2, 0.25) is 11.8 Å². The standard InChI is InChI=1S/C20H22N2O3/c1-4-19(23)21-17-11-9-15(10-12-17)13-20(24)22(2)14-16-7-5-6-8-18(16)25-3/h4-12H,1,13-14H2,2-3H3,(H,21,23). The van der Waals surface area contributed by atoms with Gasteiger partial charge in [0.1, 0.15) is 5.75 Å². The molecule has 2 aromatic rings. The molecule has 0 bridgehead atoms. The molecule has 0 heterocycles. The molecule has 5 nitrogen and oxygen atoms in total. The number of para-hydroxylation sites is 1. The lowest BCUT2D eigenvalue weighted by atomic mass is 10.1. The van der Waals surface area contributed by atoms with Gasteiger partial charge in [0.25, 0.3) is 0 Å². The summed E-state index contributed by atoms with van der Waals surface area (Å²) in [6, 6.07) is 14.8. The molecule has 25 heavy (non-hydrogen) atoms. The van der Waals surface area contributed by atoms with Gasteiger partial charge < -0.3 is 15.0 Å². The first-order valence-corrected chi connectivity index (χ1v) is 7.91. The molecule has 0 aromatic heterocycles. The van der Waals surface area contributed by atoms with Gasteiger partial charge in [0.05, 0.1) is 13.5 Å². The lowest BCUT2D eigenvalue weighted by Crippen LogP contribution is -2.27. The predicted octanol–water partition coefficient (Wildman–Crippen LogP) is 3.02. The Hall–Kier alpha value is -3.08. The minimum Gasteiger partial charge on any atom is -0.496 e. The van der Waals surface area contributed by atoms with Gasteiger partial charge in [-0.15, -0.1) is 0 Å². The van der Waals surface area contributed by atoms with Gasteiger partial charge in [0.15, 0.2) is 0 Å². The second-order valence-corrected chi connectivity index (χ2v) is 5.63. The highest BCUT2D eigenvalue weighted by atomic mass is 16.5. The van der Waals surface area contributed by atoms with E-state index in [0.29, 0.717) is 18.7 Å². The average Bonchev–Trinajstić information content (AvgIpc) is 2.63. The molecule has 0 saturated carbocycles. The van der Waals surface area contributed by atoms with Crippen LogP contribution in [0.1, 0.15) is 11.1 Å². The fourth-order valence-corrected chi connectivity index (χ4v) is 2.39. The summed E-state index contributed by atoms with van der Waals surface area (Å²) in [4.78, 5) is 25.4. The molecule has 0 radical (unpaired) electrons. The van der Waals surface area contributed by atoms with Crippen molar-refractivity contribution in [2.45, 2.75) is 13.0 Å². The van der Waals surface area contributed by atoms with E-state index in [1.807, 2.05) is 36.4 Å². The number of anilines is 1. The van der Waals surface area contributed by atoms with E-state index < -0.39 is 0 Å². The van der Waals surface area contributed by atoms with Crippen molar-refractivity contribution < 1.29 is 14.3 Å². The van der Waals surface area contributed by atoms with Crippen LogP contribution in [0.2, 0.25) is 0 Å². The van der Waals surface area contributed by atoms with Gasteiger partial charge in [-0.2, -0.15) is 0 Å². The molecule has 5 heteroatoms. The van der Waals surface area contributed by atoms with Crippen molar-refractivity contribution in [3.8, 4) is 5.75 Å². The van der Waals surface area contributed by atoms with E-state index in [1.165, 1.54) is 6.08 Å². The van der Waals surface area contributed by atoms with E-state index in [1.54, 1.807) is 31.2 Å². The van der Waals surface area contributed by atoms with Crippen LogP contribution in [0, 0.1) is 0 Å². The van der Waals surface area contributed by atoms with Gasteiger partial charge in [-0.1, -0.05) is 36.9 Å². The highest BCUT2D eigenvalue weighted by molar-refractivity contribution is 5.98. The van der Waals surface area contributed by atoms with Crippen LogP contribution >= 0.6 is 0 Å². The molecular formula is C20H22N2O3. The molecule has 0 aliphatic rings. The second-order valence-electron chi connectivity index (χ2n) is 5.63. The number of rotatable bonds is 7. The Labute approximate surface area is 147 Å². The van der Waals surface area contributed by atoms with Crippen LogP contribution < -0.4 is 10.1 Å². The van der Waals surface area contributed by atoms with Crippen LogP contribution in [0.15, 0.2) is 61.2 Å². The number of benzene rings is 2. The SMILES string of the molecule is C=CC(=O)Nc1ccc(CC(=O)N(C)Cc2ccccc2OC)cc1. The third-order valence-electron chi connectivity index (χ3n) is 3.79. The zero-order chi connectivity index (χ0) is 18.2. The lowest BCUT2D eigenvalue weighted by molar-refractivity contribution is -0.129. The molecule has 0 fully saturated rings. The second kappa shape index (κ2) is 8.68. The molecule has 0 saturated heterocycles. The van der Waals surface area contributed by atoms with Crippen LogP contribution in [-0.2, 0) is 22.6 Å². The van der Waals surface area contributed by atoms with E-state index in [-0.39, 0.29) is 11.8 Å². The number of ether oxygens (including phenoxy) is 1. The van der Waals surface area contributed by atoms with Gasteiger partial charge in [-0.05, 0) is 29.8 Å². The van der Waals surface area contributed by atoms with E-state index in [0.717, 1.165) is 16.9 Å². The molecule has 0 aliphatic carbocycles. The Bertz CT molecular complexity index is 754. The number of carbonyl (C=O) groups is 2. The first-order valence-electron chi connectivity index (χ1n) is 7.91. The smallest absolute Gasteiger partial charge is 0.247 e. The Morgan fingerprint density at radius 3 is 2.48 bits per heavy atom. The molecule has 130 valence electrons. The maximum absolute atomic E-state index is 12.4. The zero-order valence-electron chi connectivity index (χ0n) is 14.5. The van der Waals surface area contributed by atoms with Gasteiger partial charge in [-0.25, -0.2) is 0 Å². The molecule has 0 aliphatic heterocycles. The van der Waals surface area contributed by atoms with Crippen LogP contribution in [0.5, 0.6) is 5.75 Å². The summed E-state index contributed by atoms with van der Waals surface area (Å²) in [6.07, 6.45) is 1.51. The molecule has 0 atom stereocenters. The molecule has 2 aromatic carbocycles. The predicted molar refractivity (Wildman–Crippen MR) is 98.4 cm³/mol. The van der Waals surface area contributed by atoms with Crippen LogP contribution in [-0.4, -0.2) is 30.9 Å². The van der Waals surface area contributed by atoms with Crippen molar-refractivity contribution in [1.29, 1.82) is 0 Å². The number of amides is 2. The molecule has 2 amide bonds. The van der Waals surface area contributed by atoms with Crippen molar-refractivity contribution >= 4 is 17.5 Å². The topological polar surface area (TPSA) is 58.6 Å². The summed E-state index contributed by atoms with van der Waals surface area (Å²) in [5.74, 6) is 0.513. The minimum atomic E-state index is -0.264. The lowest BCUT2D eigenvalue weighted by Gasteiger charge is -2.19. The third kappa shape index (κ3) is 5.21. The van der Waals surface area contributed by atoms with Crippen LogP contribution in [0.4, 0.5) is 5.69 Å². The Morgan fingerprint density at radius 1 is 1.16 bits per heavy atom. The number of methoxy groups -OCH3 is 1. The largest absolute Gasteiger partial charge is 0.496 e. The monoisotopic (exact) mass is 338 g/mol. The summed E-state index contributed by atoms with van der Waals surface area (Å²) >= 11 is 0. The molecule has 0 unspecified atom stereocenters. The Morgan fingerprint density at radius 2 is 1.84 bits per heavy atom. The van der Waals surface area contributed by atoms with Crippen molar-refractivity contribution in [2.75, 3.05) is 19.5 Å². The number of carbonyl (C=O) groups excluding carboxylic acids is 2. The van der Waals surface area contributed by atoms with Crippen molar-refractivity contribution in [1.82, 2.24) is 4.90 Å². The van der Waals surface area contributed by atoms with Crippen molar-refractivity contribution in [2.24, 2.45) is 0 Å². The maximum atomic E-state index is 12.4. The summed E-state index contributed by atoms with van der Waals surface area (Å²) in [6.45, 7) is 3.89. The van der Waals surface area contributed by atoms with Gasteiger partial charge in [0, 0.05) is 24.8 Å². The molecule has 0 spiro atoms. The highest BCUT2D eigenvalue weighted by Gasteiger charge is 2.12. The summed E-state index contributed by atoms with van der Waals surface area (Å²) < 4.78 is 5.32. The first-order chi connectivity index (χ1) is 12.0. The van der Waals surface area contributed by atoms with Gasteiger partial charge in [-0.3, -0.25) is 9.59 Å². The van der Waals surface area contributed by atoms with E-state index >= 15 is 0 Å². The van der Waals surface area contributed by atoms with E-state index in [4.69, 9.17) is 4.74 Å². The number of hydrogen-bond donors (Lipinski definition) is 1. The van der Waals surface area contributed by atoms with Crippen molar-refractivity contribution in [3.63, 3.8) is 0 Å². The fourth-order valence-electron chi connectivity index (χ4n) is 2.39. The maximum Gasteiger partial charge on any atom is 0.247 e. The van der Waals surface area contributed by atoms with Crippen LogP contribution in [0.3, 0.4) is 0 Å². The van der Waals surface area contributed by atoms with E-state index in [9.17, 15) is 9.59 Å². The minimum absolute atomic E-state index is 0.00813. The molecule has 1 N–H and O–H groups in total. The summed E-state index contributed by atoms with van der Waals surface area (Å²) in [5, 5.41) is 2.67. The zero-order valence-corrected chi connectivity index (χ0v) is 14.5. The molecular weight excluding hydrogens is 316 g/mol. The fraction of sp³-hybridized carbons (Fsp3) is 0.200. The Balaban J connectivity index is 1.96. The third-order valence-corrected chi connectivity index (χ3v) is 3.79. The number of hydrogen-bond acceptors (Lipinski definition) is 3. The highest BCUT2D eigenvalue weighted by Crippen LogP contribution is 2.19. The average molecular weight is 338 g/mol. The number of likely N-dealkylation sites (N-methyl/N-ethyl adjacent to an activating group) is 1. The summed E-state index contributed by atoms with van der Waals surface area (Å²) in [7, 11) is 3.39. The van der Waals surface area contributed by atoms with E-state index in [2.05, 4.69) is 11.9 Å². The quantitative estimate of drug-likeness (QED) is 0.790. The normalized spacial score (nSPS) is 10.0. The first kappa shape index (κ1) is 18.3. The van der Waals surface area contributed by atoms with Crippen LogP contribution in [0.25, 0.3) is 0 Å². The Kier molecular flexibility index (Phi) is 6.34. The number of nitrogens with one attached hydrogen (secondary N) is 1. The molecule has 2 rings (SSSR count). The number of nitrogens with zero attached hydrogens (tertiary/aromatic N) is 1. The van der Waals surface area contributed by atoms with Gasteiger partial charge >= 0.3 is 0 Å².